The van der Waals surface area contributed by atoms with Crippen molar-refractivity contribution in [2.24, 2.45) is 0 Å². The summed E-state index contributed by atoms with van der Waals surface area (Å²) in [5, 5.41) is 8.37. The molecule has 0 bridgehead atoms. The first kappa shape index (κ1) is 10.5. The predicted molar refractivity (Wildman–Crippen MR) is 44.3 cm³/mol. The summed E-state index contributed by atoms with van der Waals surface area (Å²) >= 11 is 5.50. The molecular formula is C8H3ClF2N2O. The van der Waals surface area contributed by atoms with E-state index in [1.807, 2.05) is 0 Å². The average molecular weight is 217 g/mol. The Labute approximate surface area is 82.9 Å². The van der Waals surface area contributed by atoms with Gasteiger partial charge in [0.05, 0.1) is 10.6 Å². The number of carbonyl (C=O) groups is 1. The second-order valence-corrected chi connectivity index (χ2v) is 2.73. The van der Waals surface area contributed by atoms with Crippen LogP contribution in [0.4, 0.5) is 8.78 Å². The lowest BCUT2D eigenvalue weighted by atomic mass is 10.2. The van der Waals surface area contributed by atoms with Crippen molar-refractivity contribution in [1.29, 1.82) is 5.26 Å². The number of halogens is 3. The minimum Gasteiger partial charge on any atom is -0.296 e. The molecule has 0 aromatic carbocycles. The molecule has 0 saturated carbocycles. The van der Waals surface area contributed by atoms with E-state index in [4.69, 9.17) is 16.9 Å². The molecule has 0 atom stereocenters. The van der Waals surface area contributed by atoms with E-state index in [9.17, 15) is 13.6 Å². The van der Waals surface area contributed by atoms with E-state index >= 15 is 0 Å². The fraction of sp³-hybridized carbons (Fsp3) is 0.125. The number of pyridine rings is 1. The molecule has 1 aromatic heterocycles. The molecule has 0 saturated heterocycles. The third-order valence-corrected chi connectivity index (χ3v) is 1.77. The van der Waals surface area contributed by atoms with Gasteiger partial charge in [-0.15, -0.1) is 0 Å². The molecule has 0 fully saturated rings. The van der Waals surface area contributed by atoms with Crippen LogP contribution >= 0.6 is 11.6 Å². The highest BCUT2D eigenvalue weighted by atomic mass is 35.5. The molecule has 0 amide bonds. The number of hydrogen-bond acceptors (Lipinski definition) is 3. The SMILES string of the molecule is N#Cc1cc(Cl)c(C=O)nc1C(F)F. The topological polar surface area (TPSA) is 53.8 Å². The van der Waals surface area contributed by atoms with Crippen LogP contribution < -0.4 is 0 Å². The fourth-order valence-corrected chi connectivity index (χ4v) is 1.05. The molecule has 0 unspecified atom stereocenters. The molecule has 3 nitrogen and oxygen atoms in total. The third-order valence-electron chi connectivity index (χ3n) is 1.47. The van der Waals surface area contributed by atoms with Crippen molar-refractivity contribution in [3.05, 3.63) is 28.0 Å². The predicted octanol–water partition coefficient (Wildman–Crippen LogP) is 2.36. The van der Waals surface area contributed by atoms with Crippen LogP contribution in [0.5, 0.6) is 0 Å². The van der Waals surface area contributed by atoms with Crippen LogP contribution in [0.25, 0.3) is 0 Å². The smallest absolute Gasteiger partial charge is 0.281 e. The zero-order valence-corrected chi connectivity index (χ0v) is 7.42. The number of aldehydes is 1. The van der Waals surface area contributed by atoms with E-state index in [2.05, 4.69) is 4.98 Å². The van der Waals surface area contributed by atoms with Crippen LogP contribution in [0.15, 0.2) is 6.07 Å². The second-order valence-electron chi connectivity index (χ2n) is 2.32. The Morgan fingerprint density at radius 2 is 2.29 bits per heavy atom. The van der Waals surface area contributed by atoms with E-state index < -0.39 is 12.1 Å². The van der Waals surface area contributed by atoms with Gasteiger partial charge in [-0.3, -0.25) is 4.79 Å². The zero-order chi connectivity index (χ0) is 10.7. The number of nitriles is 1. The van der Waals surface area contributed by atoms with Crippen LogP contribution in [0.2, 0.25) is 5.02 Å². The lowest BCUT2D eigenvalue weighted by Crippen LogP contribution is -2.00. The molecule has 1 aromatic rings. The Kier molecular flexibility index (Phi) is 3.10. The van der Waals surface area contributed by atoms with Gasteiger partial charge < -0.3 is 0 Å². The molecule has 0 aliphatic rings. The van der Waals surface area contributed by atoms with Crippen molar-refractivity contribution >= 4 is 17.9 Å². The summed E-state index contributed by atoms with van der Waals surface area (Å²) in [5.74, 6) is 0. The van der Waals surface area contributed by atoms with Crippen molar-refractivity contribution in [2.45, 2.75) is 6.43 Å². The van der Waals surface area contributed by atoms with Crippen molar-refractivity contribution in [3.63, 3.8) is 0 Å². The molecule has 0 radical (unpaired) electrons. The Bertz CT molecular complexity index is 415. The number of carbonyl (C=O) groups excluding carboxylic acids is 1. The summed E-state index contributed by atoms with van der Waals surface area (Å²) in [6.07, 6.45) is -2.64. The van der Waals surface area contributed by atoms with E-state index in [0.717, 1.165) is 6.07 Å². The first-order valence-electron chi connectivity index (χ1n) is 3.44. The van der Waals surface area contributed by atoms with E-state index in [0.29, 0.717) is 0 Å². The van der Waals surface area contributed by atoms with Gasteiger partial charge in [0.15, 0.2) is 6.29 Å². The van der Waals surface area contributed by atoms with Gasteiger partial charge >= 0.3 is 0 Å². The van der Waals surface area contributed by atoms with Gasteiger partial charge in [0.25, 0.3) is 6.43 Å². The highest BCUT2D eigenvalue weighted by Gasteiger charge is 2.17. The van der Waals surface area contributed by atoms with E-state index in [1.165, 1.54) is 6.07 Å². The minimum absolute atomic E-state index is 0.110. The van der Waals surface area contributed by atoms with Gasteiger partial charge in [0, 0.05) is 0 Å². The number of rotatable bonds is 2. The lowest BCUT2D eigenvalue weighted by molar-refractivity contribution is 0.111. The molecule has 14 heavy (non-hydrogen) atoms. The Hall–Kier alpha value is -1.54. The number of nitrogens with zero attached hydrogens (tertiary/aromatic N) is 2. The van der Waals surface area contributed by atoms with Gasteiger partial charge in [-0.05, 0) is 6.07 Å². The van der Waals surface area contributed by atoms with Crippen LogP contribution in [0.1, 0.15) is 28.2 Å². The maximum absolute atomic E-state index is 12.3. The lowest BCUT2D eigenvalue weighted by Gasteiger charge is -2.03. The summed E-state index contributed by atoms with van der Waals surface area (Å²) in [5.41, 5.74) is -1.34. The molecule has 1 rings (SSSR count). The van der Waals surface area contributed by atoms with Gasteiger partial charge in [-0.1, -0.05) is 11.6 Å². The van der Waals surface area contributed by atoms with Gasteiger partial charge in [-0.25, -0.2) is 13.8 Å². The molecule has 72 valence electrons. The average Bonchev–Trinajstić information content (AvgIpc) is 2.16. The van der Waals surface area contributed by atoms with Crippen molar-refractivity contribution < 1.29 is 13.6 Å². The standard InChI is InChI=1S/C8H3ClF2N2O/c9-5-1-4(2-12)7(8(10)11)13-6(5)3-14/h1,3,8H. The van der Waals surface area contributed by atoms with E-state index in [-0.39, 0.29) is 22.6 Å². The van der Waals surface area contributed by atoms with E-state index in [1.54, 1.807) is 0 Å². The maximum atomic E-state index is 12.3. The van der Waals surface area contributed by atoms with Crippen molar-refractivity contribution in [2.75, 3.05) is 0 Å². The number of aromatic nitrogens is 1. The minimum atomic E-state index is -2.90. The first-order valence-corrected chi connectivity index (χ1v) is 3.81. The fourth-order valence-electron chi connectivity index (χ4n) is 0.857. The van der Waals surface area contributed by atoms with Crippen LogP contribution in [-0.4, -0.2) is 11.3 Å². The second kappa shape index (κ2) is 4.11. The molecule has 6 heteroatoms. The molecule has 0 N–H and O–H groups in total. The van der Waals surface area contributed by atoms with Gasteiger partial charge in [-0.2, -0.15) is 5.26 Å². The summed E-state index contributed by atoms with van der Waals surface area (Å²) in [6.45, 7) is 0. The number of hydrogen-bond donors (Lipinski definition) is 0. The summed E-state index contributed by atoms with van der Waals surface area (Å²) in [4.78, 5) is 13.6. The summed E-state index contributed by atoms with van der Waals surface area (Å²) in [6, 6.07) is 2.53. The molecule has 0 aliphatic carbocycles. The largest absolute Gasteiger partial charge is 0.296 e. The van der Waals surface area contributed by atoms with Gasteiger partial charge in [0.2, 0.25) is 0 Å². The summed E-state index contributed by atoms with van der Waals surface area (Å²) < 4.78 is 24.6. The quantitative estimate of drug-likeness (QED) is 0.713. The van der Waals surface area contributed by atoms with Crippen LogP contribution in [-0.2, 0) is 0 Å². The molecule has 0 spiro atoms. The zero-order valence-electron chi connectivity index (χ0n) is 6.67. The van der Waals surface area contributed by atoms with Crippen molar-refractivity contribution in [3.8, 4) is 6.07 Å². The monoisotopic (exact) mass is 216 g/mol. The Morgan fingerprint density at radius 3 is 2.71 bits per heavy atom. The normalized spacial score (nSPS) is 9.93. The van der Waals surface area contributed by atoms with Crippen molar-refractivity contribution in [1.82, 2.24) is 4.98 Å². The molecule has 0 aliphatic heterocycles. The van der Waals surface area contributed by atoms with Crippen LogP contribution in [0.3, 0.4) is 0 Å². The molecular weight excluding hydrogens is 214 g/mol. The Balaban J connectivity index is 3.41. The van der Waals surface area contributed by atoms with Gasteiger partial charge in [0.1, 0.15) is 17.5 Å². The third kappa shape index (κ3) is 1.86. The summed E-state index contributed by atoms with van der Waals surface area (Å²) in [7, 11) is 0. The number of alkyl halides is 2. The molecule has 1 heterocycles. The Morgan fingerprint density at radius 1 is 1.64 bits per heavy atom. The highest BCUT2D eigenvalue weighted by molar-refractivity contribution is 6.32. The first-order chi connectivity index (χ1) is 6.60. The van der Waals surface area contributed by atoms with Crippen LogP contribution in [0, 0.1) is 11.3 Å². The highest BCUT2D eigenvalue weighted by Crippen LogP contribution is 2.24. The maximum Gasteiger partial charge on any atom is 0.281 e.